The summed E-state index contributed by atoms with van der Waals surface area (Å²) in [5.41, 5.74) is -0.912. The summed E-state index contributed by atoms with van der Waals surface area (Å²) in [5.74, 6) is 5.98. The van der Waals surface area contributed by atoms with Crippen LogP contribution in [-0.4, -0.2) is 41.4 Å². The lowest BCUT2D eigenvalue weighted by molar-refractivity contribution is -0.298. The van der Waals surface area contributed by atoms with Crippen molar-refractivity contribution in [1.82, 2.24) is 0 Å². The Balaban J connectivity index is 4.91. The summed E-state index contributed by atoms with van der Waals surface area (Å²) in [6.07, 6.45) is -4.67. The molecule has 0 saturated carbocycles. The van der Waals surface area contributed by atoms with Crippen molar-refractivity contribution >= 4 is 12.0 Å². The summed E-state index contributed by atoms with van der Waals surface area (Å²) >= 11 is 0.290. The Morgan fingerprint density at radius 3 is 1.77 bits per heavy atom. The van der Waals surface area contributed by atoms with Crippen LogP contribution in [0.2, 0.25) is 0 Å². The maximum atomic E-state index is 12.9. The molecule has 0 heterocycles. The van der Waals surface area contributed by atoms with Crippen LogP contribution in [-0.2, 0) is 9.47 Å². The number of rotatable bonds is 8. The van der Waals surface area contributed by atoms with Crippen LogP contribution in [0, 0.1) is 29.1 Å². The lowest BCUT2D eigenvalue weighted by Crippen LogP contribution is -2.42. The van der Waals surface area contributed by atoms with Crippen LogP contribution in [0.1, 0.15) is 40.5 Å². The SMILES string of the molecule is CCC#CC(C#CCC)(OCC(C)(C)COCC(F)(F)C(F)(F)F)SO. The summed E-state index contributed by atoms with van der Waals surface area (Å²) in [6, 6.07) is 0. The Morgan fingerprint density at radius 1 is 0.885 bits per heavy atom. The van der Waals surface area contributed by atoms with Gasteiger partial charge in [-0.25, -0.2) is 0 Å². The minimum atomic E-state index is -5.66. The second kappa shape index (κ2) is 10.4. The first-order valence-electron chi connectivity index (χ1n) is 7.83. The zero-order valence-electron chi connectivity index (χ0n) is 15.1. The Bertz CT molecular complexity index is 531. The number of halogens is 5. The third-order valence-electron chi connectivity index (χ3n) is 2.85. The normalized spacial score (nSPS) is 12.8. The molecule has 0 aliphatic rings. The Morgan fingerprint density at radius 2 is 1.38 bits per heavy atom. The second-order valence-electron chi connectivity index (χ2n) is 6.17. The zero-order valence-corrected chi connectivity index (χ0v) is 15.9. The van der Waals surface area contributed by atoms with Crippen LogP contribution in [0.3, 0.4) is 0 Å². The van der Waals surface area contributed by atoms with Crippen LogP contribution in [0.15, 0.2) is 0 Å². The highest BCUT2D eigenvalue weighted by Crippen LogP contribution is 2.36. The van der Waals surface area contributed by atoms with Gasteiger partial charge in [0.2, 0.25) is 0 Å². The second-order valence-corrected chi connectivity index (χ2v) is 6.92. The predicted octanol–water partition coefficient (Wildman–Crippen LogP) is 4.97. The molecule has 1 N–H and O–H groups in total. The minimum absolute atomic E-state index is 0.130. The van der Waals surface area contributed by atoms with Gasteiger partial charge in [0, 0.05) is 18.3 Å². The minimum Gasteiger partial charge on any atom is -0.374 e. The van der Waals surface area contributed by atoms with Crippen molar-refractivity contribution in [2.45, 2.75) is 57.6 Å². The summed E-state index contributed by atoms with van der Waals surface area (Å²) in [7, 11) is 0. The van der Waals surface area contributed by atoms with Gasteiger partial charge in [0.05, 0.1) is 25.3 Å². The van der Waals surface area contributed by atoms with Gasteiger partial charge in [-0.2, -0.15) is 22.0 Å². The molecule has 150 valence electrons. The molecule has 0 saturated heterocycles. The lowest BCUT2D eigenvalue weighted by atomic mass is 9.96. The van der Waals surface area contributed by atoms with Gasteiger partial charge in [-0.05, 0) is 11.8 Å². The molecular formula is C17H23F5O3S. The van der Waals surface area contributed by atoms with Gasteiger partial charge in [0.25, 0.3) is 4.93 Å². The first-order valence-corrected chi connectivity index (χ1v) is 8.61. The Hall–Kier alpha value is -1.00. The van der Waals surface area contributed by atoms with Gasteiger partial charge in [-0.15, -0.1) is 0 Å². The largest absolute Gasteiger partial charge is 0.455 e. The van der Waals surface area contributed by atoms with Gasteiger partial charge in [-0.1, -0.05) is 39.5 Å². The van der Waals surface area contributed by atoms with Crippen LogP contribution < -0.4 is 0 Å². The third kappa shape index (κ3) is 8.59. The van der Waals surface area contributed by atoms with E-state index in [1.165, 1.54) is 0 Å². The van der Waals surface area contributed by atoms with E-state index in [1.54, 1.807) is 27.7 Å². The molecule has 26 heavy (non-hydrogen) atoms. The molecule has 0 rings (SSSR count). The molecular weight excluding hydrogens is 379 g/mol. The van der Waals surface area contributed by atoms with E-state index in [-0.39, 0.29) is 6.61 Å². The maximum Gasteiger partial charge on any atom is 0.455 e. The number of hydrogen-bond acceptors (Lipinski definition) is 4. The first kappa shape index (κ1) is 25.0. The summed E-state index contributed by atoms with van der Waals surface area (Å²) in [5, 5.41) is 0. The highest BCUT2D eigenvalue weighted by molar-refractivity contribution is 7.95. The summed E-state index contributed by atoms with van der Waals surface area (Å²) in [4.78, 5) is -1.51. The van der Waals surface area contributed by atoms with Crippen LogP contribution in [0.5, 0.6) is 0 Å². The van der Waals surface area contributed by atoms with Crippen molar-refractivity contribution in [2.24, 2.45) is 5.41 Å². The average Bonchev–Trinajstić information content (AvgIpc) is 2.53. The van der Waals surface area contributed by atoms with Crippen molar-refractivity contribution in [3.63, 3.8) is 0 Å². The molecule has 9 heteroatoms. The first-order chi connectivity index (χ1) is 11.8. The van der Waals surface area contributed by atoms with Crippen LogP contribution >= 0.6 is 12.0 Å². The highest BCUT2D eigenvalue weighted by Gasteiger charge is 2.57. The molecule has 0 aliphatic heterocycles. The molecule has 3 nitrogen and oxygen atoms in total. The number of hydrogen-bond donors (Lipinski definition) is 1. The molecule has 0 aromatic carbocycles. The fourth-order valence-electron chi connectivity index (χ4n) is 1.46. The molecule has 0 radical (unpaired) electrons. The van der Waals surface area contributed by atoms with E-state index in [0.29, 0.717) is 24.9 Å². The van der Waals surface area contributed by atoms with Crippen molar-refractivity contribution in [3.8, 4) is 23.7 Å². The quantitative estimate of drug-likeness (QED) is 0.269. The molecule has 0 aliphatic carbocycles. The van der Waals surface area contributed by atoms with E-state index in [2.05, 4.69) is 28.4 Å². The third-order valence-corrected chi connectivity index (χ3v) is 3.42. The van der Waals surface area contributed by atoms with Gasteiger partial charge in [-0.3, -0.25) is 0 Å². The fraction of sp³-hybridized carbons (Fsp3) is 0.765. The molecule has 0 bridgehead atoms. The van der Waals surface area contributed by atoms with Gasteiger partial charge in [0.15, 0.2) is 0 Å². The molecule has 0 spiro atoms. The molecule has 0 atom stereocenters. The number of alkyl halides is 5. The van der Waals surface area contributed by atoms with E-state index in [1.807, 2.05) is 0 Å². The highest BCUT2D eigenvalue weighted by atomic mass is 32.2. The molecule has 0 aromatic heterocycles. The number of ether oxygens (including phenoxy) is 2. The van der Waals surface area contributed by atoms with Crippen molar-refractivity contribution in [3.05, 3.63) is 0 Å². The molecule has 0 unspecified atom stereocenters. The van der Waals surface area contributed by atoms with Crippen molar-refractivity contribution < 1.29 is 36.0 Å². The van der Waals surface area contributed by atoms with Crippen molar-refractivity contribution in [1.29, 1.82) is 0 Å². The lowest BCUT2D eigenvalue weighted by Gasteiger charge is -2.29. The predicted molar refractivity (Wildman–Crippen MR) is 90.6 cm³/mol. The molecule has 0 aromatic rings. The van der Waals surface area contributed by atoms with E-state index in [0.717, 1.165) is 0 Å². The Labute approximate surface area is 155 Å². The molecule has 0 amide bonds. The fourth-order valence-corrected chi connectivity index (χ4v) is 1.81. The van der Waals surface area contributed by atoms with E-state index < -0.39 is 35.7 Å². The summed E-state index contributed by atoms with van der Waals surface area (Å²) < 4.78 is 81.8. The monoisotopic (exact) mass is 402 g/mol. The van der Waals surface area contributed by atoms with E-state index in [4.69, 9.17) is 4.74 Å². The van der Waals surface area contributed by atoms with Gasteiger partial charge in [0.1, 0.15) is 6.61 Å². The smallest absolute Gasteiger partial charge is 0.374 e. The van der Waals surface area contributed by atoms with E-state index >= 15 is 0 Å². The van der Waals surface area contributed by atoms with Gasteiger partial charge < -0.3 is 14.0 Å². The van der Waals surface area contributed by atoms with E-state index in [9.17, 15) is 26.5 Å². The topological polar surface area (TPSA) is 38.7 Å². The van der Waals surface area contributed by atoms with Gasteiger partial charge >= 0.3 is 12.1 Å². The summed E-state index contributed by atoms with van der Waals surface area (Å²) in [6.45, 7) is 4.41. The van der Waals surface area contributed by atoms with Crippen LogP contribution in [0.25, 0.3) is 0 Å². The van der Waals surface area contributed by atoms with Crippen LogP contribution in [0.4, 0.5) is 22.0 Å². The maximum absolute atomic E-state index is 12.9. The standard InChI is InChI=1S/C17H23F5O3S/c1-5-7-9-15(26-23,10-8-6-2)25-12-14(3,4)11-24-13-16(18,19)17(20,21)22/h23H,5-6,11-13H2,1-4H3. The molecule has 0 fully saturated rings. The Kier molecular flexibility index (Phi) is 9.97. The zero-order chi connectivity index (χ0) is 20.5. The average molecular weight is 402 g/mol. The van der Waals surface area contributed by atoms with Crippen molar-refractivity contribution in [2.75, 3.05) is 19.8 Å².